The van der Waals surface area contributed by atoms with E-state index in [1.54, 1.807) is 30.3 Å². The van der Waals surface area contributed by atoms with Crippen molar-refractivity contribution in [1.82, 2.24) is 0 Å². The lowest BCUT2D eigenvalue weighted by Crippen LogP contribution is -2.30. The number of hydrogen-bond acceptors (Lipinski definition) is 7. The Bertz CT molecular complexity index is 1420. The molecule has 2 fully saturated rings. The highest BCUT2D eigenvalue weighted by Crippen LogP contribution is 2.45. The molecule has 9 nitrogen and oxygen atoms in total. The normalized spacial score (nSPS) is 20.1. The average Bonchev–Trinajstić information content (AvgIpc) is 3.25. The van der Waals surface area contributed by atoms with Crippen molar-refractivity contribution in [1.29, 1.82) is 0 Å². The zero-order valence-electron chi connectivity index (χ0n) is 22.3. The zero-order valence-corrected chi connectivity index (χ0v) is 22.3. The molecule has 0 aromatic heterocycles. The maximum atomic E-state index is 13.3. The molecule has 3 amide bonds. The Morgan fingerprint density at radius 2 is 1.60 bits per heavy atom. The Morgan fingerprint density at radius 3 is 2.30 bits per heavy atom. The van der Waals surface area contributed by atoms with E-state index in [4.69, 9.17) is 14.2 Å². The summed E-state index contributed by atoms with van der Waals surface area (Å²) in [6, 6.07) is 21.1. The van der Waals surface area contributed by atoms with Crippen LogP contribution in [0.25, 0.3) is 0 Å². The lowest BCUT2D eigenvalue weighted by atomic mass is 9.73. The van der Waals surface area contributed by atoms with Crippen LogP contribution >= 0.6 is 0 Å². The first-order valence-corrected chi connectivity index (χ1v) is 13.1. The second kappa shape index (κ2) is 11.6. The van der Waals surface area contributed by atoms with Crippen LogP contribution in [0.2, 0.25) is 0 Å². The summed E-state index contributed by atoms with van der Waals surface area (Å²) in [5, 5.41) is 2.63. The van der Waals surface area contributed by atoms with Gasteiger partial charge in [0.2, 0.25) is 11.8 Å². The van der Waals surface area contributed by atoms with Gasteiger partial charge in [-0.2, -0.15) is 0 Å². The Balaban J connectivity index is 1.19. The molecule has 0 spiro atoms. The number of anilines is 2. The van der Waals surface area contributed by atoms with Gasteiger partial charge in [0, 0.05) is 6.07 Å². The van der Waals surface area contributed by atoms with Crippen molar-refractivity contribution in [2.45, 2.75) is 25.2 Å². The van der Waals surface area contributed by atoms with E-state index in [0.717, 1.165) is 6.42 Å². The van der Waals surface area contributed by atoms with E-state index in [-0.39, 0.29) is 35.1 Å². The number of nitrogens with one attached hydrogen (secondary N) is 1. The average molecular weight is 543 g/mol. The second-order valence-corrected chi connectivity index (χ2v) is 9.88. The van der Waals surface area contributed by atoms with Crippen molar-refractivity contribution >= 4 is 35.1 Å². The largest absolute Gasteiger partial charge is 0.497 e. The molecule has 0 radical (unpaired) electrons. The molecular weight excluding hydrogens is 512 g/mol. The Morgan fingerprint density at radius 1 is 0.875 bits per heavy atom. The number of esters is 1. The van der Waals surface area contributed by atoms with Gasteiger partial charge in [0.05, 0.1) is 43.0 Å². The van der Waals surface area contributed by atoms with Crippen molar-refractivity contribution in [3.05, 3.63) is 83.9 Å². The molecule has 206 valence electrons. The summed E-state index contributed by atoms with van der Waals surface area (Å²) in [5.74, 6) is -1.09. The molecule has 1 saturated carbocycles. The van der Waals surface area contributed by atoms with Gasteiger partial charge in [-0.15, -0.1) is 0 Å². The number of rotatable bonds is 8. The Labute approximate surface area is 232 Å². The highest BCUT2D eigenvalue weighted by atomic mass is 16.5. The molecule has 5 rings (SSSR count). The van der Waals surface area contributed by atoms with Crippen molar-refractivity contribution in [3.63, 3.8) is 0 Å². The first-order chi connectivity index (χ1) is 19.4. The summed E-state index contributed by atoms with van der Waals surface area (Å²) in [6.07, 6.45) is 2.17. The van der Waals surface area contributed by atoms with Crippen molar-refractivity contribution in [2.75, 3.05) is 31.0 Å². The van der Waals surface area contributed by atoms with Gasteiger partial charge in [-0.05, 0) is 67.1 Å². The number of nitrogens with zero attached hydrogens (tertiary/aromatic N) is 1. The molecule has 3 aromatic carbocycles. The van der Waals surface area contributed by atoms with E-state index in [9.17, 15) is 19.2 Å². The van der Waals surface area contributed by atoms with E-state index in [1.807, 2.05) is 18.2 Å². The third-order valence-corrected chi connectivity index (χ3v) is 7.57. The molecule has 3 aromatic rings. The molecule has 1 aliphatic heterocycles. The molecule has 9 heteroatoms. The van der Waals surface area contributed by atoms with Crippen LogP contribution in [0, 0.1) is 11.8 Å². The lowest BCUT2D eigenvalue weighted by Gasteiger charge is -2.28. The quantitative estimate of drug-likeness (QED) is 0.328. The minimum atomic E-state index is -0.707. The number of carbonyl (C=O) groups is 4. The van der Waals surface area contributed by atoms with Gasteiger partial charge < -0.3 is 19.5 Å². The fourth-order valence-corrected chi connectivity index (χ4v) is 5.51. The number of ether oxygens (including phenoxy) is 3. The summed E-state index contributed by atoms with van der Waals surface area (Å²) in [6.45, 7) is -0.509. The second-order valence-electron chi connectivity index (χ2n) is 9.88. The van der Waals surface area contributed by atoms with Gasteiger partial charge in [0.15, 0.2) is 6.61 Å². The van der Waals surface area contributed by atoms with Crippen LogP contribution in [-0.4, -0.2) is 44.5 Å². The fraction of sp³-hybridized carbons (Fsp3) is 0.290. The molecule has 0 bridgehead atoms. The summed E-state index contributed by atoms with van der Waals surface area (Å²) in [4.78, 5) is 52.6. The third kappa shape index (κ3) is 5.40. The van der Waals surface area contributed by atoms with Crippen LogP contribution in [0.15, 0.2) is 72.8 Å². The van der Waals surface area contributed by atoms with Crippen LogP contribution in [0.5, 0.6) is 11.5 Å². The summed E-state index contributed by atoms with van der Waals surface area (Å²) in [5.41, 5.74) is 2.21. The topological polar surface area (TPSA) is 111 Å². The van der Waals surface area contributed by atoms with Crippen LogP contribution in [-0.2, 0) is 19.1 Å². The maximum absolute atomic E-state index is 13.3. The van der Waals surface area contributed by atoms with Gasteiger partial charge in [-0.3, -0.25) is 19.3 Å². The number of imide groups is 1. The number of methoxy groups -OCH3 is 2. The van der Waals surface area contributed by atoms with Crippen LogP contribution in [0.3, 0.4) is 0 Å². The van der Waals surface area contributed by atoms with Gasteiger partial charge in [0.25, 0.3) is 5.91 Å². The molecular formula is C31H30N2O7. The Kier molecular flexibility index (Phi) is 7.82. The van der Waals surface area contributed by atoms with Crippen LogP contribution in [0.4, 0.5) is 11.4 Å². The van der Waals surface area contributed by atoms with E-state index in [1.165, 1.54) is 36.8 Å². The molecule has 3 atom stereocenters. The van der Waals surface area contributed by atoms with Crippen LogP contribution < -0.4 is 19.7 Å². The maximum Gasteiger partial charge on any atom is 0.338 e. The minimum absolute atomic E-state index is 0.192. The van der Waals surface area contributed by atoms with E-state index in [0.29, 0.717) is 35.7 Å². The number of benzene rings is 3. The summed E-state index contributed by atoms with van der Waals surface area (Å²) >= 11 is 0. The van der Waals surface area contributed by atoms with Gasteiger partial charge in [-0.25, -0.2) is 4.79 Å². The van der Waals surface area contributed by atoms with E-state index >= 15 is 0 Å². The van der Waals surface area contributed by atoms with Crippen LogP contribution in [0.1, 0.15) is 41.1 Å². The SMILES string of the molecule is COc1ccc(NC(=O)COC(=O)c2ccc(N3C(=O)[C@H]4C[C@@H](c5ccccc5)CC[C@H]4C3=O)cc2)c(OC)c1. The minimum Gasteiger partial charge on any atom is -0.497 e. The highest BCUT2D eigenvalue weighted by Gasteiger charge is 2.50. The number of amides is 3. The number of carbonyl (C=O) groups excluding carboxylic acids is 4. The Hall–Kier alpha value is -4.66. The molecule has 0 unspecified atom stereocenters. The standard InChI is InChI=1S/C31H30N2O7/c1-38-23-13-15-26(27(17-23)39-2)32-28(34)18-40-31(37)20-8-11-22(12-9-20)33-29(35)24-14-10-21(16-25(24)30(33)36)19-6-4-3-5-7-19/h3-9,11-13,15,17,21,24-25H,10,14,16,18H2,1-2H3,(H,32,34)/t21-,24+,25-/m0/s1. The predicted molar refractivity (Wildman–Crippen MR) is 147 cm³/mol. The number of hydrogen-bond donors (Lipinski definition) is 1. The molecule has 2 aliphatic rings. The zero-order chi connectivity index (χ0) is 28.2. The highest BCUT2D eigenvalue weighted by molar-refractivity contribution is 6.22. The monoisotopic (exact) mass is 542 g/mol. The third-order valence-electron chi connectivity index (χ3n) is 7.57. The van der Waals surface area contributed by atoms with Crippen molar-refractivity contribution in [2.24, 2.45) is 11.8 Å². The fourth-order valence-electron chi connectivity index (χ4n) is 5.51. The van der Waals surface area contributed by atoms with E-state index < -0.39 is 18.5 Å². The smallest absolute Gasteiger partial charge is 0.338 e. The molecule has 40 heavy (non-hydrogen) atoms. The predicted octanol–water partition coefficient (Wildman–Crippen LogP) is 4.57. The molecule has 1 heterocycles. The number of fused-ring (bicyclic) bond motifs is 1. The van der Waals surface area contributed by atoms with Gasteiger partial charge in [-0.1, -0.05) is 30.3 Å². The van der Waals surface area contributed by atoms with Crippen molar-refractivity contribution < 1.29 is 33.4 Å². The first kappa shape index (κ1) is 26.9. The lowest BCUT2D eigenvalue weighted by molar-refractivity contribution is -0.122. The molecule has 1 aliphatic carbocycles. The molecule has 1 N–H and O–H groups in total. The van der Waals surface area contributed by atoms with Crippen molar-refractivity contribution in [3.8, 4) is 11.5 Å². The van der Waals surface area contributed by atoms with E-state index in [2.05, 4.69) is 17.4 Å². The first-order valence-electron chi connectivity index (χ1n) is 13.1. The van der Waals surface area contributed by atoms with Gasteiger partial charge in [0.1, 0.15) is 11.5 Å². The molecule has 1 saturated heterocycles. The van der Waals surface area contributed by atoms with Gasteiger partial charge >= 0.3 is 5.97 Å². The summed E-state index contributed by atoms with van der Waals surface area (Å²) in [7, 11) is 2.99. The summed E-state index contributed by atoms with van der Waals surface area (Å²) < 4.78 is 15.5.